The lowest BCUT2D eigenvalue weighted by atomic mass is 9.45. The molecule has 0 amide bonds. The Morgan fingerprint density at radius 1 is 1.22 bits per heavy atom. The first-order chi connectivity index (χ1) is 12.6. The second kappa shape index (κ2) is 5.96. The zero-order chi connectivity index (χ0) is 19.8. The van der Waals surface area contributed by atoms with E-state index in [0.717, 1.165) is 18.4 Å². The van der Waals surface area contributed by atoms with E-state index in [2.05, 4.69) is 0 Å². The summed E-state index contributed by atoms with van der Waals surface area (Å²) in [4.78, 5) is 24.3. The van der Waals surface area contributed by atoms with Gasteiger partial charge in [0.25, 0.3) is 0 Å². The Morgan fingerprint density at radius 3 is 2.59 bits per heavy atom. The molecule has 2 unspecified atom stereocenters. The topological polar surface area (TPSA) is 115 Å². The van der Waals surface area contributed by atoms with E-state index in [4.69, 9.17) is 0 Å². The fourth-order valence-corrected chi connectivity index (χ4v) is 7.34. The van der Waals surface area contributed by atoms with Crippen LogP contribution in [-0.2, 0) is 9.59 Å². The van der Waals surface area contributed by atoms with Gasteiger partial charge in [0.2, 0.25) is 0 Å². The number of allylic oxidation sites excluding steroid dienone is 1. The van der Waals surface area contributed by atoms with Crippen LogP contribution in [0, 0.1) is 28.6 Å². The smallest absolute Gasteiger partial charge is 0.190 e. The fourth-order valence-electron chi connectivity index (χ4n) is 7.34. The van der Waals surface area contributed by atoms with Gasteiger partial charge in [-0.1, -0.05) is 19.4 Å². The summed E-state index contributed by atoms with van der Waals surface area (Å²) < 4.78 is 0. The second-order valence-electron chi connectivity index (χ2n) is 9.71. The molecule has 0 spiro atoms. The minimum absolute atomic E-state index is 0.0690. The van der Waals surface area contributed by atoms with Crippen LogP contribution >= 0.6 is 0 Å². The van der Waals surface area contributed by atoms with Gasteiger partial charge in [0.1, 0.15) is 18.3 Å². The molecule has 6 heteroatoms. The largest absolute Gasteiger partial charge is 0.393 e. The highest BCUT2D eigenvalue weighted by Crippen LogP contribution is 2.67. The first kappa shape index (κ1) is 19.2. The van der Waals surface area contributed by atoms with Crippen molar-refractivity contribution in [2.75, 3.05) is 6.61 Å². The number of fused-ring (bicyclic) bond motifs is 5. The number of Topliss-reactive ketones (excluding diaryl/α,β-unsaturated/α-hetero) is 1. The molecule has 0 bridgehead atoms. The van der Waals surface area contributed by atoms with Crippen molar-refractivity contribution >= 4 is 11.6 Å². The van der Waals surface area contributed by atoms with Crippen molar-refractivity contribution in [1.29, 1.82) is 0 Å². The molecule has 0 aliphatic heterocycles. The van der Waals surface area contributed by atoms with E-state index in [1.807, 2.05) is 13.8 Å². The van der Waals surface area contributed by atoms with Crippen molar-refractivity contribution in [1.82, 2.24) is 0 Å². The van der Waals surface area contributed by atoms with Crippen molar-refractivity contribution in [3.8, 4) is 0 Å². The zero-order valence-corrected chi connectivity index (χ0v) is 16.0. The molecule has 4 rings (SSSR count). The Balaban J connectivity index is 1.74. The minimum atomic E-state index is -1.60. The van der Waals surface area contributed by atoms with Crippen LogP contribution in [0.3, 0.4) is 0 Å². The molecule has 8 atom stereocenters. The highest BCUT2D eigenvalue weighted by Gasteiger charge is 2.68. The Hall–Kier alpha value is -1.08. The molecule has 0 aromatic rings. The Morgan fingerprint density at radius 2 is 1.93 bits per heavy atom. The molecule has 0 aromatic carbocycles. The van der Waals surface area contributed by atoms with Crippen molar-refractivity contribution in [2.45, 2.75) is 70.2 Å². The van der Waals surface area contributed by atoms with E-state index in [9.17, 15) is 30.0 Å². The molecule has 27 heavy (non-hydrogen) atoms. The van der Waals surface area contributed by atoms with Crippen LogP contribution in [0.5, 0.6) is 0 Å². The molecule has 3 saturated carbocycles. The van der Waals surface area contributed by atoms with E-state index in [0.29, 0.717) is 19.3 Å². The number of aliphatic hydroxyl groups is 4. The zero-order valence-electron chi connectivity index (χ0n) is 16.0. The first-order valence-electron chi connectivity index (χ1n) is 10.1. The lowest BCUT2D eigenvalue weighted by Gasteiger charge is -2.60. The van der Waals surface area contributed by atoms with Crippen LogP contribution in [0.1, 0.15) is 52.4 Å². The van der Waals surface area contributed by atoms with Crippen LogP contribution in [0.25, 0.3) is 0 Å². The monoisotopic (exact) mass is 378 g/mol. The lowest BCUT2D eigenvalue weighted by Crippen LogP contribution is -2.62. The van der Waals surface area contributed by atoms with E-state index in [-0.39, 0.29) is 30.0 Å². The number of rotatable bonds is 2. The summed E-state index contributed by atoms with van der Waals surface area (Å²) in [6, 6.07) is 0. The molecule has 3 fully saturated rings. The van der Waals surface area contributed by atoms with Gasteiger partial charge < -0.3 is 20.4 Å². The van der Waals surface area contributed by atoms with E-state index in [1.165, 1.54) is 0 Å². The molecule has 0 radical (unpaired) electrons. The number of carbonyl (C=O) groups excluding carboxylic acids is 2. The minimum Gasteiger partial charge on any atom is -0.393 e. The Labute approximate surface area is 159 Å². The second-order valence-corrected chi connectivity index (χ2v) is 9.71. The molecule has 4 aliphatic rings. The highest BCUT2D eigenvalue weighted by molar-refractivity contribution is 5.95. The summed E-state index contributed by atoms with van der Waals surface area (Å²) in [5.74, 6) is -0.731. The molecule has 0 heterocycles. The normalized spacial score (nSPS) is 51.9. The third-order valence-corrected chi connectivity index (χ3v) is 8.69. The van der Waals surface area contributed by atoms with Crippen molar-refractivity contribution < 1.29 is 30.0 Å². The summed E-state index contributed by atoms with van der Waals surface area (Å²) in [5, 5.41) is 41.9. The SMILES string of the molecule is C[C@]12CC(O)C(=O)C=C1CC[C@@H]1[C@@H]2C(O)C[C@@]2(C)[C@H]1CC[C@]2(O)C(=O)CO. The van der Waals surface area contributed by atoms with Crippen LogP contribution in [0.4, 0.5) is 0 Å². The molecule has 0 aromatic heterocycles. The van der Waals surface area contributed by atoms with Crippen LogP contribution in [0.2, 0.25) is 0 Å². The highest BCUT2D eigenvalue weighted by atomic mass is 16.3. The number of hydrogen-bond acceptors (Lipinski definition) is 6. The summed E-state index contributed by atoms with van der Waals surface area (Å²) >= 11 is 0. The third kappa shape index (κ3) is 2.33. The Bertz CT molecular complexity index is 715. The third-order valence-electron chi connectivity index (χ3n) is 8.69. The average Bonchev–Trinajstić information content (AvgIpc) is 2.87. The van der Waals surface area contributed by atoms with Gasteiger partial charge in [0.15, 0.2) is 11.6 Å². The van der Waals surface area contributed by atoms with Crippen LogP contribution < -0.4 is 0 Å². The van der Waals surface area contributed by atoms with Gasteiger partial charge in [-0.05, 0) is 67.8 Å². The van der Waals surface area contributed by atoms with E-state index < -0.39 is 41.0 Å². The molecular weight excluding hydrogens is 348 g/mol. The maximum Gasteiger partial charge on any atom is 0.190 e. The molecular formula is C21H30O6. The molecule has 150 valence electrons. The number of hydrogen-bond donors (Lipinski definition) is 4. The maximum atomic E-state index is 12.4. The maximum absolute atomic E-state index is 12.4. The molecule has 0 saturated heterocycles. The average molecular weight is 378 g/mol. The first-order valence-corrected chi connectivity index (χ1v) is 10.1. The van der Waals surface area contributed by atoms with Gasteiger partial charge >= 0.3 is 0 Å². The quantitative estimate of drug-likeness (QED) is 0.564. The number of carbonyl (C=O) groups is 2. The van der Waals surface area contributed by atoms with Gasteiger partial charge in [-0.25, -0.2) is 0 Å². The summed E-state index contributed by atoms with van der Waals surface area (Å²) in [6.07, 6.45) is 2.94. The predicted octanol–water partition coefficient (Wildman–Crippen LogP) is 0.752. The fraction of sp³-hybridized carbons (Fsp3) is 0.810. The van der Waals surface area contributed by atoms with Gasteiger partial charge in [0.05, 0.1) is 6.10 Å². The van der Waals surface area contributed by atoms with Gasteiger partial charge in [-0.2, -0.15) is 0 Å². The predicted molar refractivity (Wildman–Crippen MR) is 96.5 cm³/mol. The van der Waals surface area contributed by atoms with E-state index >= 15 is 0 Å². The summed E-state index contributed by atoms with van der Waals surface area (Å²) in [5.41, 5.74) is -1.80. The summed E-state index contributed by atoms with van der Waals surface area (Å²) in [7, 11) is 0. The molecule has 6 nitrogen and oxygen atoms in total. The van der Waals surface area contributed by atoms with Crippen molar-refractivity contribution in [3.63, 3.8) is 0 Å². The number of aliphatic hydroxyl groups excluding tert-OH is 3. The molecule has 4 aliphatic carbocycles. The number of ketones is 2. The Kier molecular flexibility index (Phi) is 4.25. The van der Waals surface area contributed by atoms with E-state index in [1.54, 1.807) is 6.08 Å². The van der Waals surface area contributed by atoms with Gasteiger partial charge in [-0.3, -0.25) is 9.59 Å². The molecule has 4 N–H and O–H groups in total. The van der Waals surface area contributed by atoms with Gasteiger partial charge in [0, 0.05) is 5.41 Å². The van der Waals surface area contributed by atoms with Crippen molar-refractivity contribution in [2.24, 2.45) is 28.6 Å². The lowest BCUT2D eigenvalue weighted by molar-refractivity contribution is -0.184. The summed E-state index contributed by atoms with van der Waals surface area (Å²) in [6.45, 7) is 3.23. The van der Waals surface area contributed by atoms with Gasteiger partial charge in [-0.15, -0.1) is 0 Å². The van der Waals surface area contributed by atoms with Crippen LogP contribution in [0.15, 0.2) is 11.6 Å². The standard InChI is InChI=1S/C21H30O6/c1-19-8-15(24)14(23)7-11(19)3-4-12-13-5-6-21(27,17(26)10-22)20(13,2)9-16(25)18(12)19/h7,12-13,15-16,18,22,24-25,27H,3-6,8-10H2,1-2H3/t12-,13-,15?,16?,18+,19-,20-,21-/m0/s1. The van der Waals surface area contributed by atoms with Crippen molar-refractivity contribution in [3.05, 3.63) is 11.6 Å². The van der Waals surface area contributed by atoms with Crippen LogP contribution in [-0.4, -0.2) is 56.4 Å².